The first kappa shape index (κ1) is 23.9. The number of amides is 1. The molecule has 1 aromatic heterocycles. The van der Waals surface area contributed by atoms with E-state index in [1.54, 1.807) is 18.2 Å². The molecule has 1 saturated heterocycles. The number of piperidine rings is 1. The van der Waals surface area contributed by atoms with E-state index in [2.05, 4.69) is 9.97 Å². The maximum atomic E-state index is 12.0. The zero-order valence-corrected chi connectivity index (χ0v) is 18.8. The van der Waals surface area contributed by atoms with Crippen molar-refractivity contribution in [2.75, 3.05) is 23.7 Å². The Bertz CT molecular complexity index is 952. The molecule has 0 aliphatic carbocycles. The van der Waals surface area contributed by atoms with Crippen molar-refractivity contribution >= 4 is 46.5 Å². The average Bonchev–Trinajstić information content (AvgIpc) is 2.70. The number of carbonyl (C=O) groups excluding carboxylic acids is 1. The molecule has 0 bridgehead atoms. The summed E-state index contributed by atoms with van der Waals surface area (Å²) >= 11 is 12.2. The van der Waals surface area contributed by atoms with Crippen molar-refractivity contribution in [2.45, 2.75) is 39.2 Å². The van der Waals surface area contributed by atoms with Crippen molar-refractivity contribution in [1.82, 2.24) is 9.97 Å². The predicted molar refractivity (Wildman–Crippen MR) is 123 cm³/mol. The number of aromatic nitrogens is 2. The molecule has 2 heterocycles. The highest BCUT2D eigenvalue weighted by Crippen LogP contribution is 2.30. The average molecular weight is 452 g/mol. The lowest BCUT2D eigenvalue weighted by molar-refractivity contribution is 0.0995. The van der Waals surface area contributed by atoms with Crippen LogP contribution in [0.3, 0.4) is 0 Å². The number of hydrogen-bond acceptors (Lipinski definition) is 7. The number of primary amides is 1. The SMILES string of the molecule is CC.CC1(N)CCN(c2nc(N)c(C(=N)c3cccc(Cl)c3Cl)nc2C(N)=O)CC1. The third kappa shape index (κ3) is 5.00. The van der Waals surface area contributed by atoms with Gasteiger partial charge in [0.2, 0.25) is 0 Å². The lowest BCUT2D eigenvalue weighted by atomic mass is 9.91. The molecule has 1 fully saturated rings. The second kappa shape index (κ2) is 9.59. The van der Waals surface area contributed by atoms with Crippen LogP contribution < -0.4 is 22.1 Å². The summed E-state index contributed by atoms with van der Waals surface area (Å²) in [4.78, 5) is 22.5. The van der Waals surface area contributed by atoms with Crippen molar-refractivity contribution in [3.8, 4) is 0 Å². The maximum absolute atomic E-state index is 12.0. The highest BCUT2D eigenvalue weighted by Gasteiger charge is 2.30. The normalized spacial score (nSPS) is 15.2. The molecule has 0 spiro atoms. The Morgan fingerprint density at radius 1 is 1.17 bits per heavy atom. The lowest BCUT2D eigenvalue weighted by Gasteiger charge is -2.37. The van der Waals surface area contributed by atoms with Crippen molar-refractivity contribution in [3.63, 3.8) is 0 Å². The quantitative estimate of drug-likeness (QED) is 0.524. The Morgan fingerprint density at radius 3 is 2.33 bits per heavy atom. The zero-order chi connectivity index (χ0) is 22.6. The Hall–Kier alpha value is -2.42. The van der Waals surface area contributed by atoms with E-state index in [0.29, 0.717) is 29.5 Å². The Kier molecular flexibility index (Phi) is 7.63. The minimum absolute atomic E-state index is 0.00197. The molecule has 1 aliphatic rings. The monoisotopic (exact) mass is 451 g/mol. The van der Waals surface area contributed by atoms with Gasteiger partial charge in [-0.15, -0.1) is 0 Å². The summed E-state index contributed by atoms with van der Waals surface area (Å²) in [6.07, 6.45) is 1.45. The standard InChI is InChI=1S/C18H21Cl2N7O.C2H6/c1-18(24)5-7-27(8-6-18)17-14(16(23)28)25-13(15(22)26-17)12(21)9-3-2-4-10(19)11(9)20;1-2/h2-4,21H,5-8,24H2,1H3,(H2,22,26)(H2,23,28);1-2H3. The number of rotatable bonds is 4. The first-order valence-corrected chi connectivity index (χ1v) is 10.4. The van der Waals surface area contributed by atoms with Gasteiger partial charge in [0.05, 0.1) is 15.8 Å². The van der Waals surface area contributed by atoms with Crippen LogP contribution in [0.4, 0.5) is 11.6 Å². The second-order valence-corrected chi connectivity index (χ2v) is 7.90. The van der Waals surface area contributed by atoms with E-state index in [9.17, 15) is 4.79 Å². The van der Waals surface area contributed by atoms with Crippen LogP contribution in [0, 0.1) is 5.41 Å². The minimum Gasteiger partial charge on any atom is -0.382 e. The highest BCUT2D eigenvalue weighted by atomic mass is 35.5. The van der Waals surface area contributed by atoms with Gasteiger partial charge >= 0.3 is 0 Å². The molecular weight excluding hydrogens is 425 g/mol. The van der Waals surface area contributed by atoms with E-state index in [1.165, 1.54) is 0 Å². The Morgan fingerprint density at radius 2 is 1.77 bits per heavy atom. The molecule has 2 aromatic rings. The highest BCUT2D eigenvalue weighted by molar-refractivity contribution is 6.44. The lowest BCUT2D eigenvalue weighted by Crippen LogP contribution is -2.49. The molecule has 0 atom stereocenters. The molecule has 1 amide bonds. The van der Waals surface area contributed by atoms with Gasteiger partial charge in [0, 0.05) is 24.2 Å². The summed E-state index contributed by atoms with van der Waals surface area (Å²) in [5.74, 6) is -0.453. The van der Waals surface area contributed by atoms with Crippen molar-refractivity contribution in [2.24, 2.45) is 11.5 Å². The van der Waals surface area contributed by atoms with Crippen LogP contribution >= 0.6 is 23.2 Å². The Labute approximate surface area is 186 Å². The van der Waals surface area contributed by atoms with Gasteiger partial charge in [-0.05, 0) is 25.8 Å². The molecule has 0 saturated carbocycles. The minimum atomic E-state index is -0.755. The largest absolute Gasteiger partial charge is 0.382 e. The van der Waals surface area contributed by atoms with Crippen LogP contribution in [0.5, 0.6) is 0 Å². The van der Waals surface area contributed by atoms with Crippen molar-refractivity contribution in [1.29, 1.82) is 5.41 Å². The molecule has 1 aliphatic heterocycles. The van der Waals surface area contributed by atoms with E-state index in [1.807, 2.05) is 25.7 Å². The molecular formula is C20H27Cl2N7O. The summed E-state index contributed by atoms with van der Waals surface area (Å²) in [5, 5.41) is 8.93. The van der Waals surface area contributed by atoms with Gasteiger partial charge in [-0.1, -0.05) is 49.2 Å². The van der Waals surface area contributed by atoms with E-state index in [4.69, 9.17) is 45.8 Å². The molecule has 0 radical (unpaired) electrons. The van der Waals surface area contributed by atoms with Crippen molar-refractivity contribution in [3.05, 3.63) is 45.2 Å². The number of nitrogens with one attached hydrogen (secondary N) is 1. The van der Waals surface area contributed by atoms with Crippen LogP contribution in [-0.4, -0.2) is 40.2 Å². The number of anilines is 2. The smallest absolute Gasteiger partial charge is 0.271 e. The number of nitrogen functional groups attached to an aromatic ring is 1. The topological polar surface area (TPSA) is 148 Å². The molecule has 8 nitrogen and oxygen atoms in total. The molecule has 30 heavy (non-hydrogen) atoms. The van der Waals surface area contributed by atoms with Crippen LogP contribution in [0.2, 0.25) is 10.0 Å². The second-order valence-electron chi connectivity index (χ2n) is 7.11. The van der Waals surface area contributed by atoms with E-state index >= 15 is 0 Å². The van der Waals surface area contributed by atoms with Gasteiger partial charge < -0.3 is 22.1 Å². The fourth-order valence-electron chi connectivity index (χ4n) is 3.06. The van der Waals surface area contributed by atoms with Gasteiger partial charge in [0.25, 0.3) is 5.91 Å². The number of halogens is 2. The summed E-state index contributed by atoms with van der Waals surface area (Å²) in [6.45, 7) is 7.18. The van der Waals surface area contributed by atoms with E-state index < -0.39 is 5.91 Å². The summed E-state index contributed by atoms with van der Waals surface area (Å²) in [6, 6.07) is 4.88. The first-order valence-electron chi connectivity index (χ1n) is 9.65. The summed E-state index contributed by atoms with van der Waals surface area (Å²) in [7, 11) is 0. The molecule has 1 aromatic carbocycles. The van der Waals surface area contributed by atoms with Crippen LogP contribution in [0.25, 0.3) is 0 Å². The van der Waals surface area contributed by atoms with Gasteiger partial charge in [0.15, 0.2) is 17.3 Å². The number of nitrogens with zero attached hydrogens (tertiary/aromatic N) is 3. The van der Waals surface area contributed by atoms with Gasteiger partial charge in [-0.3, -0.25) is 10.2 Å². The molecule has 162 valence electrons. The first-order chi connectivity index (χ1) is 14.1. The van der Waals surface area contributed by atoms with Crippen LogP contribution in [-0.2, 0) is 0 Å². The van der Waals surface area contributed by atoms with Crippen molar-refractivity contribution < 1.29 is 4.79 Å². The fraction of sp³-hybridized carbons (Fsp3) is 0.400. The number of carbonyl (C=O) groups is 1. The molecule has 0 unspecified atom stereocenters. The fourth-order valence-corrected chi connectivity index (χ4v) is 3.46. The van der Waals surface area contributed by atoms with E-state index in [-0.39, 0.29) is 33.5 Å². The number of benzene rings is 1. The van der Waals surface area contributed by atoms with Gasteiger partial charge in [0.1, 0.15) is 5.69 Å². The Balaban J connectivity index is 0.00000155. The molecule has 10 heteroatoms. The van der Waals surface area contributed by atoms with Gasteiger partial charge in [-0.25, -0.2) is 9.97 Å². The summed E-state index contributed by atoms with van der Waals surface area (Å²) in [5.41, 5.74) is 17.7. The number of nitrogens with two attached hydrogens (primary N) is 3. The van der Waals surface area contributed by atoms with Gasteiger partial charge in [-0.2, -0.15) is 0 Å². The van der Waals surface area contributed by atoms with E-state index in [0.717, 1.165) is 12.8 Å². The number of hydrogen-bond donors (Lipinski definition) is 4. The van der Waals surface area contributed by atoms with Crippen LogP contribution in [0.1, 0.15) is 55.4 Å². The zero-order valence-electron chi connectivity index (χ0n) is 17.3. The molecule has 7 N–H and O–H groups in total. The molecule has 3 rings (SSSR count). The predicted octanol–water partition coefficient (Wildman–Crippen LogP) is 3.22. The summed E-state index contributed by atoms with van der Waals surface area (Å²) < 4.78 is 0. The third-order valence-electron chi connectivity index (χ3n) is 4.80. The third-order valence-corrected chi connectivity index (χ3v) is 5.62. The van der Waals surface area contributed by atoms with Crippen LogP contribution in [0.15, 0.2) is 18.2 Å². The maximum Gasteiger partial charge on any atom is 0.271 e.